The average Bonchev–Trinajstić information content (AvgIpc) is 2.65. The van der Waals surface area contributed by atoms with E-state index < -0.39 is 0 Å². The van der Waals surface area contributed by atoms with Crippen LogP contribution in [0.15, 0.2) is 42.5 Å². The van der Waals surface area contributed by atoms with Crippen molar-refractivity contribution in [2.75, 3.05) is 36.4 Å². The Balaban J connectivity index is 1.59. The van der Waals surface area contributed by atoms with Crippen LogP contribution < -0.4 is 10.2 Å². The summed E-state index contributed by atoms with van der Waals surface area (Å²) in [5.41, 5.74) is 4.63. The molecule has 2 aromatic rings. The van der Waals surface area contributed by atoms with E-state index in [1.165, 1.54) is 16.8 Å². The summed E-state index contributed by atoms with van der Waals surface area (Å²) in [4.78, 5) is 17.2. The van der Waals surface area contributed by atoms with Crippen LogP contribution in [-0.2, 0) is 4.79 Å². The molecule has 1 atom stereocenters. The van der Waals surface area contributed by atoms with Crippen molar-refractivity contribution in [3.05, 3.63) is 58.6 Å². The fourth-order valence-electron chi connectivity index (χ4n) is 3.39. The summed E-state index contributed by atoms with van der Waals surface area (Å²) in [6.07, 6.45) is 0. The van der Waals surface area contributed by atoms with Crippen LogP contribution in [0.5, 0.6) is 0 Å². The number of carbonyl (C=O) groups excluding carboxylic acids is 1. The zero-order chi connectivity index (χ0) is 18.7. The number of piperazine rings is 1. The molecular formula is C21H26ClN3O. The number of halogens is 1. The molecule has 1 aliphatic rings. The highest BCUT2D eigenvalue weighted by Crippen LogP contribution is 2.25. The van der Waals surface area contributed by atoms with Gasteiger partial charge < -0.3 is 10.2 Å². The maximum atomic E-state index is 12.6. The first-order valence-electron chi connectivity index (χ1n) is 9.08. The first-order chi connectivity index (χ1) is 12.5. The molecule has 1 heterocycles. The van der Waals surface area contributed by atoms with Crippen molar-refractivity contribution in [3.63, 3.8) is 0 Å². The Hall–Kier alpha value is -2.04. The van der Waals surface area contributed by atoms with Crippen LogP contribution in [0.25, 0.3) is 0 Å². The summed E-state index contributed by atoms with van der Waals surface area (Å²) in [6, 6.07) is 13.6. The fraction of sp³-hybridized carbons (Fsp3) is 0.381. The van der Waals surface area contributed by atoms with E-state index in [1.807, 2.05) is 25.1 Å². The lowest BCUT2D eigenvalue weighted by atomic mass is 10.1. The molecule has 1 fully saturated rings. The normalized spacial score (nSPS) is 16.4. The van der Waals surface area contributed by atoms with Crippen LogP contribution in [0.4, 0.5) is 11.4 Å². The summed E-state index contributed by atoms with van der Waals surface area (Å²) in [6.45, 7) is 9.86. The van der Waals surface area contributed by atoms with Gasteiger partial charge in [-0.2, -0.15) is 0 Å². The minimum atomic E-state index is -0.188. The number of aryl methyl sites for hydroxylation is 1. The number of rotatable bonds is 4. The third kappa shape index (κ3) is 4.02. The van der Waals surface area contributed by atoms with Gasteiger partial charge in [0.05, 0.1) is 16.8 Å². The van der Waals surface area contributed by atoms with Gasteiger partial charge in [0, 0.05) is 31.9 Å². The second-order valence-corrected chi connectivity index (χ2v) is 7.29. The van der Waals surface area contributed by atoms with Crippen molar-refractivity contribution in [3.8, 4) is 0 Å². The molecule has 0 bridgehead atoms. The van der Waals surface area contributed by atoms with Gasteiger partial charge in [0.1, 0.15) is 0 Å². The van der Waals surface area contributed by atoms with Gasteiger partial charge in [-0.05, 0) is 50.1 Å². The van der Waals surface area contributed by atoms with E-state index >= 15 is 0 Å². The molecule has 0 aliphatic carbocycles. The lowest BCUT2D eigenvalue weighted by Gasteiger charge is -2.39. The monoisotopic (exact) mass is 371 g/mol. The first-order valence-corrected chi connectivity index (χ1v) is 9.46. The smallest absolute Gasteiger partial charge is 0.241 e. The van der Waals surface area contributed by atoms with Crippen LogP contribution >= 0.6 is 11.6 Å². The van der Waals surface area contributed by atoms with E-state index in [4.69, 9.17) is 11.6 Å². The number of hydrogen-bond donors (Lipinski definition) is 1. The van der Waals surface area contributed by atoms with Crippen molar-refractivity contribution in [2.45, 2.75) is 26.8 Å². The lowest BCUT2D eigenvalue weighted by molar-refractivity contribution is -0.120. The topological polar surface area (TPSA) is 35.6 Å². The lowest BCUT2D eigenvalue weighted by Crippen LogP contribution is -2.53. The summed E-state index contributed by atoms with van der Waals surface area (Å²) in [7, 11) is 0. The molecule has 4 nitrogen and oxygen atoms in total. The summed E-state index contributed by atoms with van der Waals surface area (Å²) >= 11 is 6.14. The number of nitrogens with one attached hydrogen (secondary N) is 1. The third-order valence-electron chi connectivity index (χ3n) is 5.29. The van der Waals surface area contributed by atoms with E-state index in [2.05, 4.69) is 47.2 Å². The Morgan fingerprint density at radius 2 is 1.73 bits per heavy atom. The number of hydrogen-bond acceptors (Lipinski definition) is 3. The molecule has 1 amide bonds. The van der Waals surface area contributed by atoms with Crippen molar-refractivity contribution >= 4 is 28.9 Å². The molecule has 5 heteroatoms. The van der Waals surface area contributed by atoms with Crippen LogP contribution in [0, 0.1) is 13.8 Å². The maximum absolute atomic E-state index is 12.6. The minimum absolute atomic E-state index is 0.0155. The number of anilines is 2. The Labute approximate surface area is 160 Å². The zero-order valence-electron chi connectivity index (χ0n) is 15.6. The number of carbonyl (C=O) groups is 1. The molecule has 2 aromatic carbocycles. The molecule has 1 saturated heterocycles. The highest BCUT2D eigenvalue weighted by atomic mass is 35.5. The molecule has 26 heavy (non-hydrogen) atoms. The number of amides is 1. The van der Waals surface area contributed by atoms with Crippen molar-refractivity contribution in [1.82, 2.24) is 4.90 Å². The molecule has 1 aliphatic heterocycles. The second-order valence-electron chi connectivity index (χ2n) is 6.89. The average molecular weight is 372 g/mol. The SMILES string of the molecule is Cc1cccc(N2CCN([C@H](C)C(=O)Nc3ccccc3Cl)CC2)c1C. The predicted molar refractivity (Wildman–Crippen MR) is 109 cm³/mol. The van der Waals surface area contributed by atoms with E-state index in [0.29, 0.717) is 10.7 Å². The van der Waals surface area contributed by atoms with Crippen molar-refractivity contribution in [2.24, 2.45) is 0 Å². The summed E-state index contributed by atoms with van der Waals surface area (Å²) in [5, 5.41) is 3.50. The van der Waals surface area contributed by atoms with Crippen LogP contribution in [0.3, 0.4) is 0 Å². The van der Waals surface area contributed by atoms with E-state index in [1.54, 1.807) is 6.07 Å². The highest BCUT2D eigenvalue weighted by Gasteiger charge is 2.26. The Bertz CT molecular complexity index is 785. The van der Waals surface area contributed by atoms with Crippen LogP contribution in [-0.4, -0.2) is 43.0 Å². The van der Waals surface area contributed by atoms with E-state index in [-0.39, 0.29) is 11.9 Å². The third-order valence-corrected chi connectivity index (χ3v) is 5.62. The van der Waals surface area contributed by atoms with Gasteiger partial charge >= 0.3 is 0 Å². The highest BCUT2D eigenvalue weighted by molar-refractivity contribution is 6.33. The van der Waals surface area contributed by atoms with Crippen LogP contribution in [0.1, 0.15) is 18.1 Å². The van der Waals surface area contributed by atoms with E-state index in [9.17, 15) is 4.79 Å². The molecule has 3 rings (SSSR count). The van der Waals surface area contributed by atoms with Gasteiger partial charge in [0.15, 0.2) is 0 Å². The van der Waals surface area contributed by atoms with Gasteiger partial charge in [-0.15, -0.1) is 0 Å². The van der Waals surface area contributed by atoms with Crippen LogP contribution in [0.2, 0.25) is 5.02 Å². The molecule has 0 aromatic heterocycles. The molecule has 0 saturated carbocycles. The maximum Gasteiger partial charge on any atom is 0.241 e. The quantitative estimate of drug-likeness (QED) is 0.878. The number of benzene rings is 2. The molecule has 0 unspecified atom stereocenters. The first kappa shape index (κ1) is 18.7. The van der Waals surface area contributed by atoms with Gasteiger partial charge in [0.25, 0.3) is 0 Å². The number of para-hydroxylation sites is 1. The van der Waals surface area contributed by atoms with Gasteiger partial charge in [-0.1, -0.05) is 35.9 Å². The summed E-state index contributed by atoms with van der Waals surface area (Å²) < 4.78 is 0. The van der Waals surface area contributed by atoms with Gasteiger partial charge in [0.2, 0.25) is 5.91 Å². The predicted octanol–water partition coefficient (Wildman–Crippen LogP) is 4.11. The molecule has 0 radical (unpaired) electrons. The van der Waals surface area contributed by atoms with E-state index in [0.717, 1.165) is 26.2 Å². The zero-order valence-corrected chi connectivity index (χ0v) is 16.4. The van der Waals surface area contributed by atoms with Crippen molar-refractivity contribution in [1.29, 1.82) is 0 Å². The Kier molecular flexibility index (Phi) is 5.84. The second kappa shape index (κ2) is 8.11. The molecule has 1 N–H and O–H groups in total. The molecule has 0 spiro atoms. The molecular weight excluding hydrogens is 346 g/mol. The standard InChI is InChI=1S/C21H26ClN3O/c1-15-7-6-10-20(16(15)2)25-13-11-24(12-14-25)17(3)21(26)23-19-9-5-4-8-18(19)22/h4-10,17H,11-14H2,1-3H3,(H,23,26)/t17-/m1/s1. The Morgan fingerprint density at radius 1 is 1.04 bits per heavy atom. The molecule has 138 valence electrons. The van der Waals surface area contributed by atoms with Gasteiger partial charge in [-0.3, -0.25) is 9.69 Å². The van der Waals surface area contributed by atoms with Gasteiger partial charge in [-0.25, -0.2) is 0 Å². The fourth-order valence-corrected chi connectivity index (χ4v) is 3.58. The summed E-state index contributed by atoms with van der Waals surface area (Å²) in [5.74, 6) is -0.0155. The number of nitrogens with zero attached hydrogens (tertiary/aromatic N) is 2. The largest absolute Gasteiger partial charge is 0.369 e. The van der Waals surface area contributed by atoms with Crippen molar-refractivity contribution < 1.29 is 4.79 Å². The minimum Gasteiger partial charge on any atom is -0.369 e. The Morgan fingerprint density at radius 3 is 2.42 bits per heavy atom.